The minimum atomic E-state index is -0.280. The number of benzene rings is 1. The van der Waals surface area contributed by atoms with Crippen LogP contribution in [-0.2, 0) is 9.53 Å². The van der Waals surface area contributed by atoms with E-state index in [1.54, 1.807) is 12.1 Å². The largest absolute Gasteiger partial charge is 0.378 e. The van der Waals surface area contributed by atoms with E-state index in [-0.39, 0.29) is 17.9 Å². The lowest BCUT2D eigenvalue weighted by molar-refractivity contribution is -0.125. The normalized spacial score (nSPS) is 20.4. The minimum Gasteiger partial charge on any atom is -0.378 e. The second kappa shape index (κ2) is 7.27. The van der Waals surface area contributed by atoms with E-state index in [1.807, 2.05) is 13.0 Å². The van der Waals surface area contributed by atoms with Crippen LogP contribution in [0.4, 0.5) is 0 Å². The average molecular weight is 317 g/mol. The third-order valence-electron chi connectivity index (χ3n) is 3.31. The quantitative estimate of drug-likeness (QED) is 0.895. The molecule has 1 saturated heterocycles. The maximum Gasteiger partial charge on any atom is 0.239 e. The molecule has 0 bridgehead atoms. The molecule has 1 heterocycles. The van der Waals surface area contributed by atoms with Gasteiger partial charge in [0.1, 0.15) is 6.04 Å². The standard InChI is InChI=1S/C14H18Cl2N2O2/c1-9(13-10(15)3-2-4-11(13)16)7-18-14(19)12-8-20-6-5-17-12/h2-4,9,12,17H,5-8H2,1H3,(H,18,19)/t9-,12-/m0/s1. The van der Waals surface area contributed by atoms with Crippen molar-refractivity contribution < 1.29 is 9.53 Å². The molecule has 2 atom stereocenters. The second-order valence-electron chi connectivity index (χ2n) is 4.86. The topological polar surface area (TPSA) is 50.4 Å². The summed E-state index contributed by atoms with van der Waals surface area (Å²) in [5.41, 5.74) is 0.865. The average Bonchev–Trinajstić information content (AvgIpc) is 2.45. The number of halogens is 2. The van der Waals surface area contributed by atoms with Gasteiger partial charge in [-0.1, -0.05) is 36.2 Å². The summed E-state index contributed by atoms with van der Waals surface area (Å²) in [4.78, 5) is 12.0. The predicted molar refractivity (Wildman–Crippen MR) is 80.5 cm³/mol. The Labute approximate surface area is 128 Å². The van der Waals surface area contributed by atoms with Crippen LogP contribution in [0.2, 0.25) is 10.0 Å². The molecular weight excluding hydrogens is 299 g/mol. The Balaban J connectivity index is 1.91. The van der Waals surface area contributed by atoms with E-state index >= 15 is 0 Å². The lowest BCUT2D eigenvalue weighted by atomic mass is 10.0. The summed E-state index contributed by atoms with van der Waals surface area (Å²) >= 11 is 12.3. The number of ether oxygens (including phenoxy) is 1. The van der Waals surface area contributed by atoms with Crippen LogP contribution in [0.15, 0.2) is 18.2 Å². The number of amides is 1. The van der Waals surface area contributed by atoms with Crippen LogP contribution in [-0.4, -0.2) is 38.3 Å². The molecule has 1 fully saturated rings. The number of carbonyl (C=O) groups excluding carboxylic acids is 1. The zero-order valence-electron chi connectivity index (χ0n) is 11.3. The Morgan fingerprint density at radius 3 is 2.80 bits per heavy atom. The van der Waals surface area contributed by atoms with Gasteiger partial charge in [0.25, 0.3) is 0 Å². The van der Waals surface area contributed by atoms with Gasteiger partial charge in [0.05, 0.1) is 13.2 Å². The van der Waals surface area contributed by atoms with E-state index in [0.717, 1.165) is 5.56 Å². The Bertz CT molecular complexity index is 456. The molecule has 1 aromatic carbocycles. The fourth-order valence-corrected chi connectivity index (χ4v) is 2.96. The lowest BCUT2D eigenvalue weighted by Crippen LogP contribution is -2.51. The van der Waals surface area contributed by atoms with Gasteiger partial charge in [0.2, 0.25) is 5.91 Å². The van der Waals surface area contributed by atoms with Crippen molar-refractivity contribution in [3.05, 3.63) is 33.8 Å². The van der Waals surface area contributed by atoms with Crippen molar-refractivity contribution >= 4 is 29.1 Å². The molecular formula is C14H18Cl2N2O2. The van der Waals surface area contributed by atoms with Gasteiger partial charge in [-0.05, 0) is 17.7 Å². The molecule has 110 valence electrons. The molecule has 0 aromatic heterocycles. The number of nitrogens with one attached hydrogen (secondary N) is 2. The van der Waals surface area contributed by atoms with Crippen LogP contribution in [0, 0.1) is 0 Å². The SMILES string of the molecule is C[C@@H](CNC(=O)[C@@H]1COCCN1)c1c(Cl)cccc1Cl. The second-order valence-corrected chi connectivity index (χ2v) is 5.68. The molecule has 0 spiro atoms. The number of hydrogen-bond donors (Lipinski definition) is 2. The summed E-state index contributed by atoms with van der Waals surface area (Å²) in [6.07, 6.45) is 0. The highest BCUT2D eigenvalue weighted by Gasteiger charge is 2.22. The highest BCUT2D eigenvalue weighted by molar-refractivity contribution is 6.36. The minimum absolute atomic E-state index is 0.0460. The van der Waals surface area contributed by atoms with Gasteiger partial charge in [0, 0.05) is 29.1 Å². The van der Waals surface area contributed by atoms with Crippen LogP contribution in [0.1, 0.15) is 18.4 Å². The monoisotopic (exact) mass is 316 g/mol. The van der Waals surface area contributed by atoms with Crippen molar-refractivity contribution in [2.75, 3.05) is 26.3 Å². The zero-order chi connectivity index (χ0) is 14.5. The molecule has 20 heavy (non-hydrogen) atoms. The molecule has 4 nitrogen and oxygen atoms in total. The summed E-state index contributed by atoms with van der Waals surface area (Å²) in [5.74, 6) is -0.00983. The summed E-state index contributed by atoms with van der Waals surface area (Å²) in [5, 5.41) is 7.27. The van der Waals surface area contributed by atoms with Gasteiger partial charge in [0.15, 0.2) is 0 Å². The Morgan fingerprint density at radius 1 is 1.50 bits per heavy atom. The molecule has 0 radical (unpaired) electrons. The zero-order valence-corrected chi connectivity index (χ0v) is 12.8. The Morgan fingerprint density at radius 2 is 2.20 bits per heavy atom. The van der Waals surface area contributed by atoms with E-state index in [2.05, 4.69) is 10.6 Å². The highest BCUT2D eigenvalue weighted by Crippen LogP contribution is 2.30. The molecule has 1 aliphatic rings. The first-order chi connectivity index (χ1) is 9.59. The van der Waals surface area contributed by atoms with Crippen LogP contribution >= 0.6 is 23.2 Å². The molecule has 0 unspecified atom stereocenters. The molecule has 1 aliphatic heterocycles. The van der Waals surface area contributed by atoms with Gasteiger partial charge in [-0.2, -0.15) is 0 Å². The molecule has 1 amide bonds. The molecule has 2 N–H and O–H groups in total. The predicted octanol–water partition coefficient (Wildman–Crippen LogP) is 2.20. The number of morpholine rings is 1. The van der Waals surface area contributed by atoms with Crippen molar-refractivity contribution in [3.63, 3.8) is 0 Å². The first-order valence-electron chi connectivity index (χ1n) is 6.62. The number of rotatable bonds is 4. The maximum atomic E-state index is 12.0. The fraction of sp³-hybridized carbons (Fsp3) is 0.500. The third kappa shape index (κ3) is 3.85. The maximum absolute atomic E-state index is 12.0. The van der Waals surface area contributed by atoms with Gasteiger partial charge < -0.3 is 15.4 Å². The summed E-state index contributed by atoms with van der Waals surface area (Å²) in [6, 6.07) is 5.13. The van der Waals surface area contributed by atoms with E-state index in [0.29, 0.717) is 36.3 Å². The Kier molecular flexibility index (Phi) is 5.66. The molecule has 1 aromatic rings. The molecule has 0 aliphatic carbocycles. The lowest BCUT2D eigenvalue weighted by Gasteiger charge is -2.24. The van der Waals surface area contributed by atoms with E-state index in [4.69, 9.17) is 27.9 Å². The van der Waals surface area contributed by atoms with Crippen molar-refractivity contribution in [1.29, 1.82) is 0 Å². The fourth-order valence-electron chi connectivity index (χ4n) is 2.19. The van der Waals surface area contributed by atoms with Crippen LogP contribution < -0.4 is 10.6 Å². The first-order valence-corrected chi connectivity index (χ1v) is 7.38. The number of carbonyl (C=O) groups is 1. The van der Waals surface area contributed by atoms with Crippen LogP contribution in [0.25, 0.3) is 0 Å². The van der Waals surface area contributed by atoms with Crippen molar-refractivity contribution in [1.82, 2.24) is 10.6 Å². The van der Waals surface area contributed by atoms with Crippen molar-refractivity contribution in [2.45, 2.75) is 18.9 Å². The van der Waals surface area contributed by atoms with Gasteiger partial charge in [-0.15, -0.1) is 0 Å². The smallest absolute Gasteiger partial charge is 0.239 e. The van der Waals surface area contributed by atoms with Crippen molar-refractivity contribution in [2.24, 2.45) is 0 Å². The first kappa shape index (κ1) is 15.6. The molecule has 0 saturated carbocycles. The summed E-state index contributed by atoms with van der Waals surface area (Å²) in [6.45, 7) is 4.23. The van der Waals surface area contributed by atoms with Crippen LogP contribution in [0.3, 0.4) is 0 Å². The molecule has 6 heteroatoms. The van der Waals surface area contributed by atoms with E-state index < -0.39 is 0 Å². The molecule has 2 rings (SSSR count). The van der Waals surface area contributed by atoms with E-state index in [1.165, 1.54) is 0 Å². The summed E-state index contributed by atoms with van der Waals surface area (Å²) < 4.78 is 5.27. The van der Waals surface area contributed by atoms with Crippen LogP contribution in [0.5, 0.6) is 0 Å². The Hall–Kier alpha value is -0.810. The van der Waals surface area contributed by atoms with Crippen molar-refractivity contribution in [3.8, 4) is 0 Å². The van der Waals surface area contributed by atoms with E-state index in [9.17, 15) is 4.79 Å². The van der Waals surface area contributed by atoms with Gasteiger partial charge in [-0.25, -0.2) is 0 Å². The van der Waals surface area contributed by atoms with Gasteiger partial charge in [-0.3, -0.25) is 4.79 Å². The highest BCUT2D eigenvalue weighted by atomic mass is 35.5. The summed E-state index contributed by atoms with van der Waals surface area (Å²) in [7, 11) is 0. The number of hydrogen-bond acceptors (Lipinski definition) is 3. The third-order valence-corrected chi connectivity index (χ3v) is 3.97. The van der Waals surface area contributed by atoms with Gasteiger partial charge >= 0.3 is 0 Å².